The van der Waals surface area contributed by atoms with Crippen LogP contribution < -0.4 is 15.8 Å². The quantitative estimate of drug-likeness (QED) is 0.795. The Morgan fingerprint density at radius 2 is 2.00 bits per heavy atom. The third kappa shape index (κ3) is 3.77. The first-order valence-corrected chi connectivity index (χ1v) is 8.16. The van der Waals surface area contributed by atoms with Crippen molar-refractivity contribution in [3.63, 3.8) is 0 Å². The van der Waals surface area contributed by atoms with Gasteiger partial charge in [-0.1, -0.05) is 6.92 Å². The summed E-state index contributed by atoms with van der Waals surface area (Å²) in [5.41, 5.74) is 4.46. The average Bonchev–Trinajstić information content (AvgIpc) is 2.98. The number of rotatable bonds is 5. The number of amides is 1. The fraction of sp³-hybridized carbons (Fsp3) is 0.353. The largest absolute Gasteiger partial charge is 0.419 e. The predicted molar refractivity (Wildman–Crippen MR) is 90.8 cm³/mol. The molecule has 1 atom stereocenters. The van der Waals surface area contributed by atoms with E-state index in [2.05, 4.69) is 20.7 Å². The highest BCUT2D eigenvalue weighted by atomic mass is 19.4. The van der Waals surface area contributed by atoms with Crippen LogP contribution in [0.5, 0.6) is 0 Å². The Kier molecular flexibility index (Phi) is 4.82. The molecule has 0 spiro atoms. The Morgan fingerprint density at radius 1 is 1.31 bits per heavy atom. The van der Waals surface area contributed by atoms with Crippen molar-refractivity contribution in [2.45, 2.75) is 38.9 Å². The smallest absolute Gasteiger partial charge is 0.326 e. The number of hydrogen-bond donors (Lipinski definition) is 2. The SMILES string of the molecule is CCC(C)NN(c1ccc2c(c1)CC(=O)N2)c1ncc(C(F)(F)F)cn1. The van der Waals surface area contributed by atoms with Crippen molar-refractivity contribution < 1.29 is 18.0 Å². The van der Waals surface area contributed by atoms with Crippen molar-refractivity contribution >= 4 is 23.2 Å². The van der Waals surface area contributed by atoms with Crippen molar-refractivity contribution in [1.82, 2.24) is 15.4 Å². The number of alkyl halides is 3. The molecule has 0 fully saturated rings. The number of carbonyl (C=O) groups is 1. The van der Waals surface area contributed by atoms with Crippen molar-refractivity contribution in [3.05, 3.63) is 41.7 Å². The summed E-state index contributed by atoms with van der Waals surface area (Å²) in [4.78, 5) is 19.3. The van der Waals surface area contributed by atoms with Crippen molar-refractivity contribution in [3.8, 4) is 0 Å². The van der Waals surface area contributed by atoms with E-state index in [-0.39, 0.29) is 24.3 Å². The molecule has 0 saturated carbocycles. The first-order valence-electron chi connectivity index (χ1n) is 8.16. The summed E-state index contributed by atoms with van der Waals surface area (Å²) in [5.74, 6) is -0.0000943. The van der Waals surface area contributed by atoms with Gasteiger partial charge in [-0.2, -0.15) is 13.2 Å². The van der Waals surface area contributed by atoms with Gasteiger partial charge in [-0.25, -0.2) is 20.4 Å². The maximum absolute atomic E-state index is 12.7. The molecule has 0 saturated heterocycles. The fourth-order valence-electron chi connectivity index (χ4n) is 2.50. The molecule has 0 aliphatic carbocycles. The number of benzene rings is 1. The number of hydrazine groups is 1. The Balaban J connectivity index is 1.96. The molecule has 9 heteroatoms. The van der Waals surface area contributed by atoms with Crippen molar-refractivity contribution in [2.75, 3.05) is 10.3 Å². The summed E-state index contributed by atoms with van der Waals surface area (Å²) >= 11 is 0. The summed E-state index contributed by atoms with van der Waals surface area (Å²) in [5, 5.41) is 4.28. The molecular formula is C17H18F3N5O. The summed E-state index contributed by atoms with van der Waals surface area (Å²) in [6.07, 6.45) is -1.93. The predicted octanol–water partition coefficient (Wildman–Crippen LogP) is 3.43. The second-order valence-electron chi connectivity index (χ2n) is 6.11. The van der Waals surface area contributed by atoms with Crippen LogP contribution in [0.1, 0.15) is 31.4 Å². The third-order valence-corrected chi connectivity index (χ3v) is 4.10. The maximum Gasteiger partial charge on any atom is 0.419 e. The van der Waals surface area contributed by atoms with Crippen LogP contribution >= 0.6 is 0 Å². The summed E-state index contributed by atoms with van der Waals surface area (Å²) in [7, 11) is 0. The molecular weight excluding hydrogens is 347 g/mol. The molecule has 3 rings (SSSR count). The van der Waals surface area contributed by atoms with Crippen LogP contribution in [0.15, 0.2) is 30.6 Å². The van der Waals surface area contributed by atoms with Gasteiger partial charge in [-0.05, 0) is 37.1 Å². The van der Waals surface area contributed by atoms with Crippen LogP contribution in [0.25, 0.3) is 0 Å². The second kappa shape index (κ2) is 6.91. The van der Waals surface area contributed by atoms with Crippen LogP contribution in [0.3, 0.4) is 0 Å². The lowest BCUT2D eigenvalue weighted by Crippen LogP contribution is -2.41. The monoisotopic (exact) mass is 365 g/mol. The molecule has 0 radical (unpaired) electrons. The van der Waals surface area contributed by atoms with Gasteiger partial charge in [0.1, 0.15) is 0 Å². The van der Waals surface area contributed by atoms with Crippen molar-refractivity contribution in [2.24, 2.45) is 0 Å². The minimum absolute atomic E-state index is 0.0360. The number of halogens is 3. The minimum Gasteiger partial charge on any atom is -0.326 e. The molecule has 1 aromatic carbocycles. The van der Waals surface area contributed by atoms with E-state index in [4.69, 9.17) is 0 Å². The van der Waals surface area contributed by atoms with E-state index < -0.39 is 11.7 Å². The van der Waals surface area contributed by atoms with E-state index in [1.54, 1.807) is 18.2 Å². The third-order valence-electron chi connectivity index (χ3n) is 4.10. The summed E-state index contributed by atoms with van der Waals surface area (Å²) < 4.78 is 38.2. The van der Waals surface area contributed by atoms with E-state index >= 15 is 0 Å². The van der Waals surface area contributed by atoms with E-state index in [0.29, 0.717) is 5.69 Å². The molecule has 1 aromatic heterocycles. The molecule has 6 nitrogen and oxygen atoms in total. The lowest BCUT2D eigenvalue weighted by Gasteiger charge is -2.27. The Hall–Kier alpha value is -2.68. The highest BCUT2D eigenvalue weighted by molar-refractivity contribution is 5.99. The van der Waals surface area contributed by atoms with Gasteiger partial charge in [0, 0.05) is 24.1 Å². The zero-order chi connectivity index (χ0) is 18.9. The highest BCUT2D eigenvalue weighted by Gasteiger charge is 2.32. The van der Waals surface area contributed by atoms with Gasteiger partial charge in [0.05, 0.1) is 17.7 Å². The number of nitrogens with one attached hydrogen (secondary N) is 2. The first kappa shape index (κ1) is 18.1. The molecule has 0 bridgehead atoms. The molecule has 1 aliphatic heterocycles. The molecule has 1 unspecified atom stereocenters. The van der Waals surface area contributed by atoms with Crippen LogP contribution in [0.4, 0.5) is 30.5 Å². The number of nitrogens with zero attached hydrogens (tertiary/aromatic N) is 3. The lowest BCUT2D eigenvalue weighted by molar-refractivity contribution is -0.138. The molecule has 2 heterocycles. The molecule has 2 N–H and O–H groups in total. The Labute approximate surface area is 148 Å². The number of anilines is 3. The topological polar surface area (TPSA) is 70.2 Å². The average molecular weight is 365 g/mol. The Bertz CT molecular complexity index is 807. The number of carbonyl (C=O) groups excluding carboxylic acids is 1. The molecule has 1 amide bonds. The zero-order valence-corrected chi connectivity index (χ0v) is 14.3. The van der Waals surface area contributed by atoms with Crippen LogP contribution in [-0.4, -0.2) is 21.9 Å². The molecule has 1 aliphatic rings. The zero-order valence-electron chi connectivity index (χ0n) is 14.3. The number of fused-ring (bicyclic) bond motifs is 1. The van der Waals surface area contributed by atoms with Gasteiger partial charge in [-0.3, -0.25) is 4.79 Å². The van der Waals surface area contributed by atoms with Gasteiger partial charge in [0.25, 0.3) is 0 Å². The van der Waals surface area contributed by atoms with E-state index in [0.717, 1.165) is 30.1 Å². The van der Waals surface area contributed by atoms with Crippen LogP contribution in [0.2, 0.25) is 0 Å². The molecule has 138 valence electrons. The number of aromatic nitrogens is 2. The van der Waals surface area contributed by atoms with Gasteiger partial charge in [0.2, 0.25) is 11.9 Å². The standard InChI is InChI=1S/C17H18F3N5O/c1-3-10(2)24-25(16-21-8-12(9-22-16)17(18,19)20)13-4-5-14-11(6-13)7-15(26)23-14/h4-6,8-10,24H,3,7H2,1-2H3,(H,23,26). The Morgan fingerprint density at radius 3 is 2.62 bits per heavy atom. The molecule has 26 heavy (non-hydrogen) atoms. The van der Waals surface area contributed by atoms with E-state index in [1.165, 1.54) is 5.01 Å². The second-order valence-corrected chi connectivity index (χ2v) is 6.11. The highest BCUT2D eigenvalue weighted by Crippen LogP contribution is 2.31. The van der Waals surface area contributed by atoms with Crippen LogP contribution in [-0.2, 0) is 17.4 Å². The van der Waals surface area contributed by atoms with Crippen molar-refractivity contribution in [1.29, 1.82) is 0 Å². The first-order chi connectivity index (χ1) is 12.3. The van der Waals surface area contributed by atoms with Gasteiger partial charge < -0.3 is 5.32 Å². The maximum atomic E-state index is 12.7. The summed E-state index contributed by atoms with van der Waals surface area (Å²) in [6, 6.07) is 5.34. The number of hydrogen-bond acceptors (Lipinski definition) is 5. The molecule has 2 aromatic rings. The summed E-state index contributed by atoms with van der Waals surface area (Å²) in [6.45, 7) is 3.92. The van der Waals surface area contributed by atoms with Gasteiger partial charge in [0.15, 0.2) is 0 Å². The minimum atomic E-state index is -4.49. The van der Waals surface area contributed by atoms with E-state index in [9.17, 15) is 18.0 Å². The fourth-order valence-corrected chi connectivity index (χ4v) is 2.50. The van der Waals surface area contributed by atoms with Gasteiger partial charge in [-0.15, -0.1) is 0 Å². The van der Waals surface area contributed by atoms with Crippen LogP contribution in [0, 0.1) is 0 Å². The normalized spacial score (nSPS) is 14.7. The van der Waals surface area contributed by atoms with Gasteiger partial charge >= 0.3 is 6.18 Å². The van der Waals surface area contributed by atoms with E-state index in [1.807, 2.05) is 13.8 Å². The lowest BCUT2D eigenvalue weighted by atomic mass is 10.1.